The van der Waals surface area contributed by atoms with Gasteiger partial charge in [0, 0.05) is 14.2 Å². The van der Waals surface area contributed by atoms with Gasteiger partial charge in [0.2, 0.25) is 0 Å². The quantitative estimate of drug-likeness (QED) is 0.794. The molecule has 2 aromatic rings. The predicted octanol–water partition coefficient (Wildman–Crippen LogP) is 2.33. The lowest BCUT2D eigenvalue weighted by molar-refractivity contribution is 0.00967. The maximum atomic E-state index is 8.87. The SMILES string of the molecule is COC(C)(C)c1nc2cc(C#N)ccc2n1C. The van der Waals surface area contributed by atoms with E-state index in [1.54, 1.807) is 19.2 Å². The number of hydrogen-bond acceptors (Lipinski definition) is 3. The van der Waals surface area contributed by atoms with Crippen LogP contribution in [0.4, 0.5) is 0 Å². The summed E-state index contributed by atoms with van der Waals surface area (Å²) in [5.41, 5.74) is 2.01. The monoisotopic (exact) mass is 229 g/mol. The van der Waals surface area contributed by atoms with E-state index in [-0.39, 0.29) is 0 Å². The van der Waals surface area contributed by atoms with Crippen molar-refractivity contribution in [2.75, 3.05) is 7.11 Å². The molecular formula is C13H15N3O. The molecule has 0 saturated heterocycles. The normalized spacial score (nSPS) is 11.7. The molecule has 1 aromatic carbocycles. The Morgan fingerprint density at radius 1 is 1.41 bits per heavy atom. The molecule has 0 fully saturated rings. The number of nitrogens with zero attached hydrogens (tertiary/aromatic N) is 3. The molecule has 4 heteroatoms. The molecule has 0 unspecified atom stereocenters. The molecule has 0 bridgehead atoms. The van der Waals surface area contributed by atoms with Crippen LogP contribution in [0, 0.1) is 11.3 Å². The van der Waals surface area contributed by atoms with Crippen molar-refractivity contribution >= 4 is 11.0 Å². The van der Waals surface area contributed by atoms with Crippen LogP contribution in [-0.2, 0) is 17.4 Å². The number of aromatic nitrogens is 2. The zero-order chi connectivity index (χ0) is 12.6. The van der Waals surface area contributed by atoms with E-state index in [0.29, 0.717) is 5.56 Å². The fourth-order valence-corrected chi connectivity index (χ4v) is 1.90. The Kier molecular flexibility index (Phi) is 2.64. The van der Waals surface area contributed by atoms with E-state index in [0.717, 1.165) is 16.9 Å². The second kappa shape index (κ2) is 3.86. The predicted molar refractivity (Wildman–Crippen MR) is 65.5 cm³/mol. The summed E-state index contributed by atoms with van der Waals surface area (Å²) in [7, 11) is 3.62. The van der Waals surface area contributed by atoms with Crippen LogP contribution in [0.25, 0.3) is 11.0 Å². The van der Waals surface area contributed by atoms with Gasteiger partial charge in [0.05, 0.1) is 22.7 Å². The summed E-state index contributed by atoms with van der Waals surface area (Å²) >= 11 is 0. The van der Waals surface area contributed by atoms with E-state index >= 15 is 0 Å². The van der Waals surface area contributed by atoms with E-state index in [1.165, 1.54) is 0 Å². The maximum Gasteiger partial charge on any atom is 0.141 e. The fraction of sp³-hybridized carbons (Fsp3) is 0.385. The van der Waals surface area contributed by atoms with Crippen LogP contribution in [0.3, 0.4) is 0 Å². The van der Waals surface area contributed by atoms with Crippen molar-refractivity contribution in [1.29, 1.82) is 5.26 Å². The Bertz CT molecular complexity index is 605. The number of fused-ring (bicyclic) bond motifs is 1. The van der Waals surface area contributed by atoms with Crippen molar-refractivity contribution in [3.8, 4) is 6.07 Å². The average molecular weight is 229 g/mol. The highest BCUT2D eigenvalue weighted by Gasteiger charge is 2.26. The topological polar surface area (TPSA) is 50.8 Å². The number of hydrogen-bond donors (Lipinski definition) is 0. The molecule has 0 atom stereocenters. The molecule has 0 aliphatic heterocycles. The van der Waals surface area contributed by atoms with E-state index in [4.69, 9.17) is 10.00 Å². The standard InChI is InChI=1S/C13H15N3O/c1-13(2,17-4)12-15-10-7-9(8-14)5-6-11(10)16(12)3/h5-7H,1-4H3. The molecule has 1 aromatic heterocycles. The van der Waals surface area contributed by atoms with Crippen molar-refractivity contribution in [2.45, 2.75) is 19.4 Å². The number of rotatable bonds is 2. The Labute approximate surface area is 100 Å². The highest BCUT2D eigenvalue weighted by molar-refractivity contribution is 5.77. The smallest absolute Gasteiger partial charge is 0.141 e. The van der Waals surface area contributed by atoms with Crippen molar-refractivity contribution < 1.29 is 4.74 Å². The number of methoxy groups -OCH3 is 1. The van der Waals surface area contributed by atoms with Gasteiger partial charge in [-0.05, 0) is 32.0 Å². The Hall–Kier alpha value is -1.86. The molecule has 0 N–H and O–H groups in total. The van der Waals surface area contributed by atoms with Crippen LogP contribution >= 0.6 is 0 Å². The number of ether oxygens (including phenoxy) is 1. The van der Waals surface area contributed by atoms with Gasteiger partial charge in [0.25, 0.3) is 0 Å². The van der Waals surface area contributed by atoms with Gasteiger partial charge in [-0.25, -0.2) is 4.98 Å². The van der Waals surface area contributed by atoms with Crippen LogP contribution in [0.5, 0.6) is 0 Å². The highest BCUT2D eigenvalue weighted by atomic mass is 16.5. The van der Waals surface area contributed by atoms with Crippen molar-refractivity contribution in [1.82, 2.24) is 9.55 Å². The summed E-state index contributed by atoms with van der Waals surface area (Å²) in [6.07, 6.45) is 0. The van der Waals surface area contributed by atoms with Gasteiger partial charge in [-0.3, -0.25) is 0 Å². The van der Waals surface area contributed by atoms with Crippen molar-refractivity contribution in [3.05, 3.63) is 29.6 Å². The van der Waals surface area contributed by atoms with Crippen LogP contribution in [-0.4, -0.2) is 16.7 Å². The molecule has 0 spiro atoms. The Morgan fingerprint density at radius 3 is 2.71 bits per heavy atom. The first-order chi connectivity index (χ1) is 7.99. The third-order valence-electron chi connectivity index (χ3n) is 3.06. The minimum absolute atomic E-state index is 0.444. The molecule has 0 radical (unpaired) electrons. The van der Waals surface area contributed by atoms with E-state index < -0.39 is 5.60 Å². The van der Waals surface area contributed by atoms with E-state index in [9.17, 15) is 0 Å². The molecule has 88 valence electrons. The van der Waals surface area contributed by atoms with Crippen LogP contribution in [0.15, 0.2) is 18.2 Å². The zero-order valence-corrected chi connectivity index (χ0v) is 10.5. The number of nitriles is 1. The number of imidazole rings is 1. The van der Waals surface area contributed by atoms with Gasteiger partial charge in [0.15, 0.2) is 0 Å². The van der Waals surface area contributed by atoms with Gasteiger partial charge < -0.3 is 9.30 Å². The third-order valence-corrected chi connectivity index (χ3v) is 3.06. The zero-order valence-electron chi connectivity index (χ0n) is 10.5. The molecule has 17 heavy (non-hydrogen) atoms. The molecule has 0 aliphatic carbocycles. The number of benzene rings is 1. The third kappa shape index (κ3) is 1.79. The van der Waals surface area contributed by atoms with Crippen LogP contribution in [0.2, 0.25) is 0 Å². The average Bonchev–Trinajstić information content (AvgIpc) is 2.67. The van der Waals surface area contributed by atoms with Crippen LogP contribution in [0.1, 0.15) is 25.2 Å². The van der Waals surface area contributed by atoms with Crippen LogP contribution < -0.4 is 0 Å². The van der Waals surface area contributed by atoms with Gasteiger partial charge in [0.1, 0.15) is 11.4 Å². The summed E-state index contributed by atoms with van der Waals surface area (Å²) in [5.74, 6) is 0.852. The van der Waals surface area contributed by atoms with Gasteiger partial charge in [-0.2, -0.15) is 5.26 Å². The van der Waals surface area contributed by atoms with Crippen molar-refractivity contribution in [3.63, 3.8) is 0 Å². The maximum absolute atomic E-state index is 8.87. The second-order valence-electron chi connectivity index (χ2n) is 4.52. The van der Waals surface area contributed by atoms with E-state index in [2.05, 4.69) is 11.1 Å². The molecule has 0 saturated carbocycles. The lowest BCUT2D eigenvalue weighted by Crippen LogP contribution is -2.23. The first-order valence-corrected chi connectivity index (χ1v) is 5.42. The largest absolute Gasteiger partial charge is 0.371 e. The molecule has 1 heterocycles. The Morgan fingerprint density at radius 2 is 2.12 bits per heavy atom. The second-order valence-corrected chi connectivity index (χ2v) is 4.52. The lowest BCUT2D eigenvalue weighted by atomic mass is 10.1. The van der Waals surface area contributed by atoms with Crippen molar-refractivity contribution in [2.24, 2.45) is 7.05 Å². The summed E-state index contributed by atoms with van der Waals surface area (Å²) in [4.78, 5) is 4.55. The van der Waals surface area contributed by atoms with Gasteiger partial charge in [-0.1, -0.05) is 0 Å². The summed E-state index contributed by atoms with van der Waals surface area (Å²) < 4.78 is 7.44. The molecule has 0 aliphatic rings. The minimum Gasteiger partial charge on any atom is -0.371 e. The summed E-state index contributed by atoms with van der Waals surface area (Å²) in [5, 5.41) is 8.87. The summed E-state index contributed by atoms with van der Waals surface area (Å²) in [6.45, 7) is 3.94. The molecule has 0 amide bonds. The fourth-order valence-electron chi connectivity index (χ4n) is 1.90. The first-order valence-electron chi connectivity index (χ1n) is 5.42. The lowest BCUT2D eigenvalue weighted by Gasteiger charge is -2.22. The molecular weight excluding hydrogens is 214 g/mol. The number of aryl methyl sites for hydroxylation is 1. The highest BCUT2D eigenvalue weighted by Crippen LogP contribution is 2.26. The van der Waals surface area contributed by atoms with Gasteiger partial charge in [-0.15, -0.1) is 0 Å². The van der Waals surface area contributed by atoms with E-state index in [1.807, 2.05) is 31.5 Å². The summed E-state index contributed by atoms with van der Waals surface area (Å²) in [6, 6.07) is 7.63. The molecule has 2 rings (SSSR count). The molecule has 4 nitrogen and oxygen atoms in total. The first kappa shape index (κ1) is 11.6. The Balaban J connectivity index is 2.69. The van der Waals surface area contributed by atoms with Gasteiger partial charge >= 0.3 is 0 Å². The minimum atomic E-state index is -0.444.